The summed E-state index contributed by atoms with van der Waals surface area (Å²) in [6.07, 6.45) is 2.42. The Bertz CT molecular complexity index is 509. The lowest BCUT2D eigenvalue weighted by Crippen LogP contribution is -2.24. The largest absolute Gasteiger partial charge is 0.399 e. The number of amides is 1. The Hall–Kier alpha value is -1.56. The van der Waals surface area contributed by atoms with E-state index in [4.69, 9.17) is 5.73 Å². The van der Waals surface area contributed by atoms with Crippen LogP contribution in [-0.4, -0.2) is 25.8 Å². The minimum atomic E-state index is -3.32. The summed E-state index contributed by atoms with van der Waals surface area (Å²) >= 11 is 0. The van der Waals surface area contributed by atoms with E-state index in [1.54, 1.807) is 24.3 Å². The van der Waals surface area contributed by atoms with Gasteiger partial charge in [0.1, 0.15) is 5.75 Å². The first kappa shape index (κ1) is 15.5. The number of nitrogens with two attached hydrogens (primary N) is 1. The van der Waals surface area contributed by atoms with Crippen molar-refractivity contribution in [3.05, 3.63) is 24.3 Å². The molecule has 1 aromatic carbocycles. The maximum Gasteiger partial charge on any atom is 0.239 e. The van der Waals surface area contributed by atoms with Gasteiger partial charge < -0.3 is 11.1 Å². The molecule has 0 fully saturated rings. The molecule has 0 saturated heterocycles. The molecular formula is C13H20N2O3S. The quantitative estimate of drug-likeness (QED) is 0.590. The second kappa shape index (κ2) is 7.13. The average molecular weight is 284 g/mol. The molecule has 1 amide bonds. The van der Waals surface area contributed by atoms with E-state index in [1.807, 2.05) is 6.92 Å². The number of unbranched alkanes of at least 4 members (excludes halogenated alkanes) is 2. The van der Waals surface area contributed by atoms with Crippen molar-refractivity contribution in [2.75, 3.05) is 22.6 Å². The zero-order valence-corrected chi connectivity index (χ0v) is 11.9. The highest BCUT2D eigenvalue weighted by Gasteiger charge is 2.16. The minimum Gasteiger partial charge on any atom is -0.399 e. The van der Waals surface area contributed by atoms with Gasteiger partial charge in [-0.15, -0.1) is 0 Å². The van der Waals surface area contributed by atoms with E-state index in [0.717, 1.165) is 12.8 Å². The van der Waals surface area contributed by atoms with Gasteiger partial charge in [-0.05, 0) is 30.7 Å². The minimum absolute atomic E-state index is 0.0655. The summed E-state index contributed by atoms with van der Waals surface area (Å²) in [7, 11) is -3.32. The van der Waals surface area contributed by atoms with Gasteiger partial charge in [-0.25, -0.2) is 8.42 Å². The zero-order chi connectivity index (χ0) is 14.3. The van der Waals surface area contributed by atoms with Gasteiger partial charge in [0.05, 0.1) is 5.75 Å². The lowest BCUT2D eigenvalue weighted by molar-refractivity contribution is -0.113. The van der Waals surface area contributed by atoms with Gasteiger partial charge in [-0.3, -0.25) is 4.79 Å². The molecule has 19 heavy (non-hydrogen) atoms. The number of rotatable bonds is 7. The number of nitrogens with one attached hydrogen (secondary N) is 1. The summed E-state index contributed by atoms with van der Waals surface area (Å²) in [6.45, 7) is 2.00. The number of anilines is 2. The van der Waals surface area contributed by atoms with Gasteiger partial charge in [0.25, 0.3) is 0 Å². The number of hydrogen-bond donors (Lipinski definition) is 2. The van der Waals surface area contributed by atoms with E-state index in [1.165, 1.54) is 0 Å². The molecule has 0 aromatic heterocycles. The van der Waals surface area contributed by atoms with Crippen LogP contribution in [0.15, 0.2) is 24.3 Å². The molecule has 0 aliphatic rings. The van der Waals surface area contributed by atoms with Gasteiger partial charge in [-0.1, -0.05) is 19.8 Å². The number of carbonyl (C=O) groups excluding carboxylic acids is 1. The normalized spacial score (nSPS) is 11.2. The Morgan fingerprint density at radius 2 is 1.84 bits per heavy atom. The lowest BCUT2D eigenvalue weighted by atomic mass is 10.3. The molecule has 0 atom stereocenters. The van der Waals surface area contributed by atoms with E-state index < -0.39 is 21.5 Å². The molecule has 106 valence electrons. The van der Waals surface area contributed by atoms with E-state index in [9.17, 15) is 13.2 Å². The molecule has 0 spiro atoms. The predicted octanol–water partition coefficient (Wildman–Crippen LogP) is 1.81. The number of carbonyl (C=O) groups is 1. The van der Waals surface area contributed by atoms with Crippen LogP contribution < -0.4 is 11.1 Å². The monoisotopic (exact) mass is 284 g/mol. The first-order valence-corrected chi connectivity index (χ1v) is 8.11. The van der Waals surface area contributed by atoms with Crippen molar-refractivity contribution < 1.29 is 13.2 Å². The highest BCUT2D eigenvalue weighted by Crippen LogP contribution is 2.10. The summed E-state index contributed by atoms with van der Waals surface area (Å²) < 4.78 is 23.4. The van der Waals surface area contributed by atoms with Crippen LogP contribution in [0.4, 0.5) is 11.4 Å². The second-order valence-electron chi connectivity index (χ2n) is 4.47. The SMILES string of the molecule is CCCCCS(=O)(=O)CC(=O)Nc1ccc(N)cc1. The van der Waals surface area contributed by atoms with Gasteiger partial charge in [0, 0.05) is 11.4 Å². The van der Waals surface area contributed by atoms with Crippen molar-refractivity contribution >= 4 is 27.1 Å². The summed E-state index contributed by atoms with van der Waals surface area (Å²) in [5.41, 5.74) is 6.65. The van der Waals surface area contributed by atoms with Crippen LogP contribution in [0.5, 0.6) is 0 Å². The Labute approximate surface area is 114 Å². The van der Waals surface area contributed by atoms with Crippen LogP contribution in [0.3, 0.4) is 0 Å². The first-order valence-electron chi connectivity index (χ1n) is 6.29. The molecule has 1 rings (SSSR count). The number of nitrogen functional groups attached to an aromatic ring is 1. The van der Waals surface area contributed by atoms with Crippen LogP contribution in [-0.2, 0) is 14.6 Å². The topological polar surface area (TPSA) is 89.3 Å². The Morgan fingerprint density at radius 3 is 2.42 bits per heavy atom. The summed E-state index contributed by atoms with van der Waals surface area (Å²) in [5, 5.41) is 2.54. The van der Waals surface area contributed by atoms with Gasteiger partial charge in [0.2, 0.25) is 5.91 Å². The molecule has 0 bridgehead atoms. The third kappa shape index (κ3) is 6.24. The van der Waals surface area contributed by atoms with Crippen LogP contribution in [0.25, 0.3) is 0 Å². The van der Waals surface area contributed by atoms with Crippen LogP contribution in [0.1, 0.15) is 26.2 Å². The molecule has 0 unspecified atom stereocenters. The van der Waals surface area contributed by atoms with Crippen molar-refractivity contribution in [1.82, 2.24) is 0 Å². The molecule has 0 saturated carbocycles. The molecule has 0 aliphatic heterocycles. The molecular weight excluding hydrogens is 264 g/mol. The van der Waals surface area contributed by atoms with Crippen LogP contribution in [0.2, 0.25) is 0 Å². The Balaban J connectivity index is 2.48. The first-order chi connectivity index (χ1) is 8.93. The maximum atomic E-state index is 11.7. The number of hydrogen-bond acceptors (Lipinski definition) is 4. The van der Waals surface area contributed by atoms with Crippen molar-refractivity contribution in [2.45, 2.75) is 26.2 Å². The van der Waals surface area contributed by atoms with Gasteiger partial charge in [0.15, 0.2) is 9.84 Å². The van der Waals surface area contributed by atoms with E-state index in [0.29, 0.717) is 17.8 Å². The summed E-state index contributed by atoms with van der Waals surface area (Å²) in [6, 6.07) is 6.56. The molecule has 3 N–H and O–H groups in total. The molecule has 0 aliphatic carbocycles. The summed E-state index contributed by atoms with van der Waals surface area (Å²) in [4.78, 5) is 11.6. The van der Waals surface area contributed by atoms with Crippen LogP contribution in [0, 0.1) is 0 Å². The third-order valence-electron chi connectivity index (χ3n) is 2.60. The number of sulfone groups is 1. The maximum absolute atomic E-state index is 11.7. The predicted molar refractivity (Wildman–Crippen MR) is 77.7 cm³/mol. The van der Waals surface area contributed by atoms with Gasteiger partial charge in [-0.2, -0.15) is 0 Å². The summed E-state index contributed by atoms with van der Waals surface area (Å²) in [5.74, 6) is -0.918. The fraction of sp³-hybridized carbons (Fsp3) is 0.462. The van der Waals surface area contributed by atoms with Crippen molar-refractivity contribution in [1.29, 1.82) is 0 Å². The molecule has 6 heteroatoms. The van der Waals surface area contributed by atoms with E-state index >= 15 is 0 Å². The second-order valence-corrected chi connectivity index (χ2v) is 6.65. The molecule has 0 radical (unpaired) electrons. The lowest BCUT2D eigenvalue weighted by Gasteiger charge is -2.06. The Kier molecular flexibility index (Phi) is 5.82. The fourth-order valence-electron chi connectivity index (χ4n) is 1.61. The van der Waals surface area contributed by atoms with E-state index in [-0.39, 0.29) is 5.75 Å². The average Bonchev–Trinajstić information content (AvgIpc) is 2.31. The molecule has 1 aromatic rings. The Morgan fingerprint density at radius 1 is 1.21 bits per heavy atom. The fourth-order valence-corrected chi connectivity index (χ4v) is 2.87. The van der Waals surface area contributed by atoms with Gasteiger partial charge >= 0.3 is 0 Å². The highest BCUT2D eigenvalue weighted by molar-refractivity contribution is 7.92. The zero-order valence-electron chi connectivity index (χ0n) is 11.1. The third-order valence-corrected chi connectivity index (χ3v) is 4.22. The van der Waals surface area contributed by atoms with Crippen LogP contribution >= 0.6 is 0 Å². The highest BCUT2D eigenvalue weighted by atomic mass is 32.2. The van der Waals surface area contributed by atoms with E-state index in [2.05, 4.69) is 5.32 Å². The van der Waals surface area contributed by atoms with Crippen molar-refractivity contribution in [2.24, 2.45) is 0 Å². The van der Waals surface area contributed by atoms with Crippen molar-refractivity contribution in [3.8, 4) is 0 Å². The molecule has 5 nitrogen and oxygen atoms in total. The smallest absolute Gasteiger partial charge is 0.239 e. The number of benzene rings is 1. The standard InChI is InChI=1S/C13H20N2O3S/c1-2-3-4-9-19(17,18)10-13(16)15-12-7-5-11(14)6-8-12/h5-8H,2-4,9-10,14H2,1H3,(H,15,16). The van der Waals surface area contributed by atoms with Crippen molar-refractivity contribution in [3.63, 3.8) is 0 Å². The molecule has 0 heterocycles.